The second-order valence-corrected chi connectivity index (χ2v) is 6.72. The van der Waals surface area contributed by atoms with Crippen LogP contribution in [0.3, 0.4) is 0 Å². The van der Waals surface area contributed by atoms with Crippen molar-refractivity contribution in [2.45, 2.75) is 31.1 Å². The molecule has 2 nitrogen and oxygen atoms in total. The van der Waals surface area contributed by atoms with E-state index in [2.05, 4.69) is 11.4 Å². The zero-order valence-corrected chi connectivity index (χ0v) is 12.9. The number of rotatable bonds is 4. The van der Waals surface area contributed by atoms with Crippen LogP contribution in [0.5, 0.6) is 0 Å². The largest absolute Gasteiger partial charge is 0.351 e. The summed E-state index contributed by atoms with van der Waals surface area (Å²) in [5, 5.41) is 4.87. The highest BCUT2D eigenvalue weighted by molar-refractivity contribution is 7.10. The molecule has 1 saturated carbocycles. The van der Waals surface area contributed by atoms with E-state index in [4.69, 9.17) is 0 Å². The smallest absolute Gasteiger partial charge is 0.254 e. The third kappa shape index (κ3) is 2.90. The van der Waals surface area contributed by atoms with Gasteiger partial charge in [0.05, 0.1) is 5.56 Å². The third-order valence-electron chi connectivity index (χ3n) is 4.37. The van der Waals surface area contributed by atoms with Gasteiger partial charge in [0.25, 0.3) is 5.91 Å². The van der Waals surface area contributed by atoms with Crippen LogP contribution in [0.1, 0.15) is 40.9 Å². The van der Waals surface area contributed by atoms with Gasteiger partial charge in [0.1, 0.15) is 11.6 Å². The van der Waals surface area contributed by atoms with Crippen LogP contribution in [-0.4, -0.2) is 12.5 Å². The summed E-state index contributed by atoms with van der Waals surface area (Å²) < 4.78 is 26.6. The SMILES string of the molecule is O=C(NCC1(c2cccs2)CCCC1)c1ccc(F)cc1F. The van der Waals surface area contributed by atoms with Crippen molar-refractivity contribution < 1.29 is 13.6 Å². The molecule has 0 radical (unpaired) electrons. The first-order valence-corrected chi connectivity index (χ1v) is 8.26. The highest BCUT2D eigenvalue weighted by Gasteiger charge is 2.36. The summed E-state index contributed by atoms with van der Waals surface area (Å²) in [7, 11) is 0. The average Bonchev–Trinajstić information content (AvgIpc) is 3.17. The number of thiophene rings is 1. The van der Waals surface area contributed by atoms with E-state index in [1.165, 1.54) is 10.9 Å². The molecule has 0 saturated heterocycles. The zero-order chi connectivity index (χ0) is 15.6. The van der Waals surface area contributed by atoms with Crippen molar-refractivity contribution in [2.24, 2.45) is 0 Å². The van der Waals surface area contributed by atoms with Gasteiger partial charge in [-0.3, -0.25) is 4.79 Å². The Kier molecular flexibility index (Phi) is 4.25. The number of carbonyl (C=O) groups is 1. The van der Waals surface area contributed by atoms with Gasteiger partial charge in [-0.2, -0.15) is 0 Å². The van der Waals surface area contributed by atoms with Gasteiger partial charge in [0.2, 0.25) is 0 Å². The standard InChI is InChI=1S/C17H17F2NOS/c18-12-5-6-13(14(19)10-12)16(21)20-11-17(7-1-2-8-17)15-4-3-9-22-15/h3-6,9-10H,1-2,7-8,11H2,(H,20,21). The first kappa shape index (κ1) is 15.2. The lowest BCUT2D eigenvalue weighted by Crippen LogP contribution is -2.38. The number of nitrogens with one attached hydrogen (secondary N) is 1. The first-order valence-electron chi connectivity index (χ1n) is 7.38. The lowest BCUT2D eigenvalue weighted by atomic mass is 9.84. The highest BCUT2D eigenvalue weighted by atomic mass is 32.1. The molecule has 0 unspecified atom stereocenters. The predicted octanol–water partition coefficient (Wildman–Crippen LogP) is 4.27. The maximum Gasteiger partial charge on any atom is 0.254 e. The molecule has 5 heteroatoms. The van der Waals surface area contributed by atoms with Crippen LogP contribution in [-0.2, 0) is 5.41 Å². The Morgan fingerprint density at radius 1 is 1.23 bits per heavy atom. The molecule has 1 aliphatic carbocycles. The monoisotopic (exact) mass is 321 g/mol. The van der Waals surface area contributed by atoms with Crippen LogP contribution in [0.2, 0.25) is 0 Å². The highest BCUT2D eigenvalue weighted by Crippen LogP contribution is 2.42. The van der Waals surface area contributed by atoms with Gasteiger partial charge in [-0.05, 0) is 36.4 Å². The molecule has 1 aliphatic rings. The third-order valence-corrected chi connectivity index (χ3v) is 5.48. The molecule has 22 heavy (non-hydrogen) atoms. The van der Waals surface area contributed by atoms with Crippen molar-refractivity contribution in [2.75, 3.05) is 6.54 Å². The van der Waals surface area contributed by atoms with Gasteiger partial charge < -0.3 is 5.32 Å². The Labute approximate surface area is 132 Å². The van der Waals surface area contributed by atoms with Crippen LogP contribution in [0.15, 0.2) is 35.7 Å². The van der Waals surface area contributed by atoms with Crippen molar-refractivity contribution in [3.8, 4) is 0 Å². The van der Waals surface area contributed by atoms with E-state index in [-0.39, 0.29) is 11.0 Å². The van der Waals surface area contributed by atoms with Crippen LogP contribution in [0.4, 0.5) is 8.78 Å². The van der Waals surface area contributed by atoms with Crippen molar-refractivity contribution in [1.82, 2.24) is 5.32 Å². The van der Waals surface area contributed by atoms with E-state index < -0.39 is 17.5 Å². The molecule has 3 rings (SSSR count). The normalized spacial score (nSPS) is 16.6. The van der Waals surface area contributed by atoms with Gasteiger partial charge in [0, 0.05) is 22.9 Å². The number of hydrogen-bond donors (Lipinski definition) is 1. The molecule has 0 bridgehead atoms. The fourth-order valence-corrected chi connectivity index (χ4v) is 4.15. The van der Waals surface area contributed by atoms with Crippen molar-refractivity contribution >= 4 is 17.2 Å². The minimum atomic E-state index is -0.825. The van der Waals surface area contributed by atoms with Crippen LogP contribution >= 0.6 is 11.3 Å². The Morgan fingerprint density at radius 3 is 2.64 bits per heavy atom. The van der Waals surface area contributed by atoms with E-state index in [0.717, 1.165) is 37.8 Å². The van der Waals surface area contributed by atoms with Gasteiger partial charge in [0.15, 0.2) is 0 Å². The van der Waals surface area contributed by atoms with E-state index in [1.807, 2.05) is 11.4 Å². The van der Waals surface area contributed by atoms with Crippen molar-refractivity contribution in [3.63, 3.8) is 0 Å². The quantitative estimate of drug-likeness (QED) is 0.895. The Hall–Kier alpha value is -1.75. The summed E-state index contributed by atoms with van der Waals surface area (Å²) in [5.41, 5.74) is -0.152. The molecule has 116 valence electrons. The molecule has 1 heterocycles. The number of benzene rings is 1. The lowest BCUT2D eigenvalue weighted by molar-refractivity contribution is 0.0939. The molecular formula is C17H17F2NOS. The molecule has 1 N–H and O–H groups in total. The summed E-state index contributed by atoms with van der Waals surface area (Å²) in [6.07, 6.45) is 4.33. The number of halogens is 2. The van der Waals surface area contributed by atoms with Gasteiger partial charge >= 0.3 is 0 Å². The summed E-state index contributed by atoms with van der Waals surface area (Å²) in [5.74, 6) is -1.99. The van der Waals surface area contributed by atoms with E-state index in [1.54, 1.807) is 11.3 Å². The molecular weight excluding hydrogens is 304 g/mol. The average molecular weight is 321 g/mol. The molecule has 1 aromatic heterocycles. The van der Waals surface area contributed by atoms with Gasteiger partial charge in [-0.1, -0.05) is 18.9 Å². The van der Waals surface area contributed by atoms with Gasteiger partial charge in [-0.25, -0.2) is 8.78 Å². The molecule has 0 aliphatic heterocycles. The fourth-order valence-electron chi connectivity index (χ4n) is 3.16. The second kappa shape index (κ2) is 6.16. The van der Waals surface area contributed by atoms with E-state index in [0.29, 0.717) is 6.54 Å². The van der Waals surface area contributed by atoms with Crippen LogP contribution in [0.25, 0.3) is 0 Å². The number of carbonyl (C=O) groups excluding carboxylic acids is 1. The van der Waals surface area contributed by atoms with Crippen LogP contribution < -0.4 is 5.32 Å². The Balaban J connectivity index is 1.74. The predicted molar refractivity (Wildman–Crippen MR) is 83.2 cm³/mol. The fraction of sp³-hybridized carbons (Fsp3) is 0.353. The van der Waals surface area contributed by atoms with E-state index in [9.17, 15) is 13.6 Å². The topological polar surface area (TPSA) is 29.1 Å². The summed E-state index contributed by atoms with van der Waals surface area (Å²) in [6.45, 7) is 0.489. The molecule has 1 aromatic carbocycles. The molecule has 0 atom stereocenters. The van der Waals surface area contributed by atoms with Crippen molar-refractivity contribution in [3.05, 3.63) is 57.8 Å². The second-order valence-electron chi connectivity index (χ2n) is 5.77. The summed E-state index contributed by atoms with van der Waals surface area (Å²) in [4.78, 5) is 13.4. The van der Waals surface area contributed by atoms with Crippen LogP contribution in [0, 0.1) is 11.6 Å². The Morgan fingerprint density at radius 2 is 2.00 bits per heavy atom. The lowest BCUT2D eigenvalue weighted by Gasteiger charge is -2.28. The molecule has 2 aromatic rings. The maximum atomic E-state index is 13.7. The first-order chi connectivity index (χ1) is 10.6. The Bertz CT molecular complexity index is 663. The van der Waals surface area contributed by atoms with Crippen molar-refractivity contribution in [1.29, 1.82) is 0 Å². The number of hydrogen-bond acceptors (Lipinski definition) is 2. The van der Waals surface area contributed by atoms with Gasteiger partial charge in [-0.15, -0.1) is 11.3 Å². The maximum absolute atomic E-state index is 13.7. The molecule has 1 fully saturated rings. The summed E-state index contributed by atoms with van der Waals surface area (Å²) in [6, 6.07) is 7.14. The van der Waals surface area contributed by atoms with E-state index >= 15 is 0 Å². The minimum absolute atomic E-state index is 0.0413. The zero-order valence-electron chi connectivity index (χ0n) is 12.1. The summed E-state index contributed by atoms with van der Waals surface area (Å²) >= 11 is 1.70. The number of amides is 1. The molecule has 0 spiro atoms. The molecule has 1 amide bonds. The minimum Gasteiger partial charge on any atom is -0.351 e.